The number of primary sulfonamides is 1. The monoisotopic (exact) mass is 501 g/mol. The molecule has 1 aliphatic heterocycles. The highest BCUT2D eigenvalue weighted by molar-refractivity contribution is 7.89. The zero-order chi connectivity index (χ0) is 24.0. The first-order chi connectivity index (χ1) is 16.3. The third-order valence-corrected chi connectivity index (χ3v) is 7.49. The van der Waals surface area contributed by atoms with Gasteiger partial charge in [0.05, 0.1) is 11.6 Å². The maximum absolute atomic E-state index is 15.6. The lowest BCUT2D eigenvalue weighted by Gasteiger charge is -2.22. The molecule has 0 unspecified atom stereocenters. The van der Waals surface area contributed by atoms with Crippen LogP contribution in [0.1, 0.15) is 30.5 Å². The summed E-state index contributed by atoms with van der Waals surface area (Å²) in [5, 5.41) is 8.61. The average Bonchev–Trinajstić information content (AvgIpc) is 3.46. The van der Waals surface area contributed by atoms with Gasteiger partial charge in [0.2, 0.25) is 10.0 Å². The Labute approximate surface area is 198 Å². The number of oxazole rings is 1. The summed E-state index contributed by atoms with van der Waals surface area (Å²) in [5.41, 5.74) is 2.77. The van der Waals surface area contributed by atoms with Crippen LogP contribution in [0.25, 0.3) is 27.2 Å². The Morgan fingerprint density at radius 3 is 2.79 bits per heavy atom. The van der Waals surface area contributed by atoms with Crippen molar-refractivity contribution in [2.75, 3.05) is 13.1 Å². The number of benzene rings is 2. The van der Waals surface area contributed by atoms with Crippen molar-refractivity contribution in [1.29, 1.82) is 0 Å². The van der Waals surface area contributed by atoms with Gasteiger partial charge in [0.25, 0.3) is 0 Å². The number of halogens is 1. The second-order valence-electron chi connectivity index (χ2n) is 7.89. The molecule has 0 bridgehead atoms. The van der Waals surface area contributed by atoms with E-state index in [1.165, 1.54) is 10.9 Å². The van der Waals surface area contributed by atoms with E-state index < -0.39 is 32.5 Å². The molecule has 34 heavy (non-hydrogen) atoms. The van der Waals surface area contributed by atoms with Crippen LogP contribution in [-0.4, -0.2) is 35.4 Å². The van der Waals surface area contributed by atoms with E-state index in [1.54, 1.807) is 0 Å². The van der Waals surface area contributed by atoms with E-state index in [-0.39, 0.29) is 21.7 Å². The second kappa shape index (κ2) is 8.55. The van der Waals surface area contributed by atoms with Crippen LogP contribution >= 0.6 is 11.5 Å². The van der Waals surface area contributed by atoms with Crippen molar-refractivity contribution in [3.63, 3.8) is 0 Å². The summed E-state index contributed by atoms with van der Waals surface area (Å²) in [6.45, 7) is 3.40. The van der Waals surface area contributed by atoms with Gasteiger partial charge in [-0.15, -0.1) is 0 Å². The number of nitrogens with one attached hydrogen (secondary N) is 1. The summed E-state index contributed by atoms with van der Waals surface area (Å²) in [6, 6.07) is 8.07. The fraction of sp³-hybridized carbons (Fsp3) is 0.227. The molecule has 0 saturated heterocycles. The van der Waals surface area contributed by atoms with Gasteiger partial charge >= 0.3 is 5.76 Å². The predicted octanol–water partition coefficient (Wildman–Crippen LogP) is 2.89. The van der Waals surface area contributed by atoms with Gasteiger partial charge in [-0.25, -0.2) is 27.7 Å². The average molecular weight is 502 g/mol. The molecule has 0 fully saturated rings. The number of hydrogen-bond donors (Lipinski definition) is 2. The largest absolute Gasteiger partial charge is 0.420 e. The number of aromatic nitrogens is 3. The third kappa shape index (κ3) is 3.78. The van der Waals surface area contributed by atoms with Crippen LogP contribution in [0.3, 0.4) is 0 Å². The fourth-order valence-corrected chi connectivity index (χ4v) is 5.54. The Balaban J connectivity index is 1.80. The Hall–Kier alpha value is -3.19. The molecule has 1 atom stereocenters. The normalized spacial score (nSPS) is 15.4. The topological polar surface area (TPSA) is 133 Å². The van der Waals surface area contributed by atoms with E-state index in [0.717, 1.165) is 53.8 Å². The minimum Gasteiger partial charge on any atom is -0.408 e. The van der Waals surface area contributed by atoms with Gasteiger partial charge in [-0.3, -0.25) is 4.57 Å². The quantitative estimate of drug-likeness (QED) is 0.430. The highest BCUT2D eigenvalue weighted by atomic mass is 32.2. The van der Waals surface area contributed by atoms with Crippen LogP contribution < -0.4 is 16.2 Å². The maximum Gasteiger partial charge on any atom is 0.420 e. The molecule has 0 spiro atoms. The van der Waals surface area contributed by atoms with Crippen molar-refractivity contribution in [2.45, 2.75) is 24.3 Å². The Morgan fingerprint density at radius 1 is 1.32 bits per heavy atom. The van der Waals surface area contributed by atoms with Crippen LogP contribution in [0.15, 0.2) is 56.8 Å². The van der Waals surface area contributed by atoms with Gasteiger partial charge in [0.15, 0.2) is 11.4 Å². The minimum absolute atomic E-state index is 0.0910. The zero-order valence-electron chi connectivity index (χ0n) is 18.0. The maximum atomic E-state index is 15.6. The standard InChI is InChI=1S/C22H20FN5O4S2/c1-12(14-4-2-3-5-15(14)13-6-8-25-9-7-13)28-20-16(32-22(28)29)10-17(34(24,30)31)19(23)18(20)21-26-11-27-33-21/h2-6,10-12,25H,7-9H2,1H3,(H2,24,30,31)/t12-/m1/s1. The molecule has 4 aromatic rings. The molecule has 0 aliphatic carbocycles. The number of rotatable bonds is 5. The lowest BCUT2D eigenvalue weighted by molar-refractivity contribution is 0.489. The Morgan fingerprint density at radius 2 is 2.12 bits per heavy atom. The van der Waals surface area contributed by atoms with E-state index in [0.29, 0.717) is 0 Å². The molecule has 3 heterocycles. The predicted molar refractivity (Wildman–Crippen MR) is 126 cm³/mol. The summed E-state index contributed by atoms with van der Waals surface area (Å²) in [7, 11) is -4.44. The van der Waals surface area contributed by atoms with E-state index in [2.05, 4.69) is 20.8 Å². The Bertz CT molecular complexity index is 1590. The second-order valence-corrected chi connectivity index (χ2v) is 10.2. The van der Waals surface area contributed by atoms with Gasteiger partial charge in [0.1, 0.15) is 21.7 Å². The number of nitrogens with two attached hydrogens (primary N) is 1. The molecule has 1 aliphatic rings. The van der Waals surface area contributed by atoms with E-state index in [1.807, 2.05) is 31.2 Å². The Kier molecular flexibility index (Phi) is 5.68. The van der Waals surface area contributed by atoms with Crippen LogP contribution in [0, 0.1) is 5.82 Å². The van der Waals surface area contributed by atoms with Gasteiger partial charge in [-0.2, -0.15) is 4.37 Å². The minimum atomic E-state index is -4.44. The van der Waals surface area contributed by atoms with Crippen LogP contribution in [0.4, 0.5) is 4.39 Å². The summed E-state index contributed by atoms with van der Waals surface area (Å²) in [4.78, 5) is 16.3. The third-order valence-electron chi connectivity index (χ3n) is 5.89. The number of hydrogen-bond acceptors (Lipinski definition) is 8. The molecule has 12 heteroatoms. The van der Waals surface area contributed by atoms with Gasteiger partial charge < -0.3 is 9.73 Å². The lowest BCUT2D eigenvalue weighted by Crippen LogP contribution is -2.23. The van der Waals surface area contributed by atoms with Crippen molar-refractivity contribution in [3.05, 3.63) is 70.2 Å². The van der Waals surface area contributed by atoms with Crippen molar-refractivity contribution in [1.82, 2.24) is 19.2 Å². The molecular weight excluding hydrogens is 481 g/mol. The zero-order valence-corrected chi connectivity index (χ0v) is 19.6. The smallest absolute Gasteiger partial charge is 0.408 e. The van der Waals surface area contributed by atoms with Gasteiger partial charge in [-0.1, -0.05) is 30.3 Å². The van der Waals surface area contributed by atoms with Crippen LogP contribution in [0.5, 0.6) is 0 Å². The summed E-state index contributed by atoms with van der Waals surface area (Å²) < 4.78 is 50.3. The van der Waals surface area contributed by atoms with E-state index in [9.17, 15) is 13.2 Å². The molecule has 3 N–H and O–H groups in total. The summed E-state index contributed by atoms with van der Waals surface area (Å²) >= 11 is 0.866. The first-order valence-corrected chi connectivity index (χ1v) is 12.8. The van der Waals surface area contributed by atoms with Crippen molar-refractivity contribution >= 4 is 38.2 Å². The molecule has 0 radical (unpaired) electrons. The number of sulfonamides is 1. The highest BCUT2D eigenvalue weighted by Gasteiger charge is 2.30. The van der Waals surface area contributed by atoms with E-state index >= 15 is 4.39 Å². The van der Waals surface area contributed by atoms with E-state index in [4.69, 9.17) is 9.56 Å². The molecule has 0 saturated carbocycles. The molecule has 176 valence electrons. The van der Waals surface area contributed by atoms with Crippen molar-refractivity contribution < 1.29 is 17.2 Å². The van der Waals surface area contributed by atoms with Gasteiger partial charge in [-0.05, 0) is 48.1 Å². The molecule has 5 rings (SSSR count). The molecule has 9 nitrogen and oxygen atoms in total. The van der Waals surface area contributed by atoms with Crippen LogP contribution in [-0.2, 0) is 10.0 Å². The summed E-state index contributed by atoms with van der Waals surface area (Å²) in [5.74, 6) is -1.86. The fourth-order valence-electron chi connectivity index (χ4n) is 4.35. The lowest BCUT2D eigenvalue weighted by atomic mass is 9.92. The first-order valence-electron chi connectivity index (χ1n) is 10.4. The van der Waals surface area contributed by atoms with Crippen LogP contribution in [0.2, 0.25) is 0 Å². The van der Waals surface area contributed by atoms with Crippen molar-refractivity contribution in [3.8, 4) is 10.6 Å². The van der Waals surface area contributed by atoms with Crippen molar-refractivity contribution in [2.24, 2.45) is 5.14 Å². The molecular formula is C22H20FN5O4S2. The molecule has 2 aromatic carbocycles. The number of fused-ring (bicyclic) bond motifs is 1. The molecule has 0 amide bonds. The SMILES string of the molecule is C[C@H](c1ccccc1C1=CCNCC1)n1c(=O)oc2cc(S(N)(=O)=O)c(F)c(-c3ncns3)c21. The highest BCUT2D eigenvalue weighted by Crippen LogP contribution is 2.38. The number of nitrogens with zero attached hydrogens (tertiary/aromatic N) is 3. The van der Waals surface area contributed by atoms with Gasteiger partial charge in [0, 0.05) is 12.6 Å². The summed E-state index contributed by atoms with van der Waals surface area (Å²) in [6.07, 6.45) is 4.16. The first kappa shape index (κ1) is 22.6. The molecule has 2 aromatic heterocycles.